The van der Waals surface area contributed by atoms with Crippen molar-refractivity contribution in [1.82, 2.24) is 0 Å². The first kappa shape index (κ1) is 14.6. The summed E-state index contributed by atoms with van der Waals surface area (Å²) in [6.45, 7) is 2.00. The number of nitro groups is 1. The predicted molar refractivity (Wildman–Crippen MR) is 73.8 cm³/mol. The van der Waals surface area contributed by atoms with E-state index in [0.717, 1.165) is 6.07 Å². The Bertz CT molecular complexity index is 516. The molecule has 0 amide bonds. The first-order valence-electron chi connectivity index (χ1n) is 5.11. The molecule has 0 bridgehead atoms. The average Bonchev–Trinajstić information content (AvgIpc) is 2.31. The fourth-order valence-corrected chi connectivity index (χ4v) is 1.98. The minimum absolute atomic E-state index is 0.159. The van der Waals surface area contributed by atoms with Crippen LogP contribution in [0.3, 0.4) is 0 Å². The van der Waals surface area contributed by atoms with Crippen molar-refractivity contribution in [3.05, 3.63) is 31.6 Å². The van der Waals surface area contributed by atoms with Crippen LogP contribution in [0.1, 0.15) is 6.92 Å². The van der Waals surface area contributed by atoms with E-state index < -0.39 is 10.7 Å². The van der Waals surface area contributed by atoms with Gasteiger partial charge in [-0.1, -0.05) is 0 Å². The molecule has 1 aromatic carbocycles. The van der Waals surface area contributed by atoms with E-state index in [4.69, 9.17) is 5.26 Å². The summed E-state index contributed by atoms with van der Waals surface area (Å²) in [6, 6.07) is 4.36. The number of anilines is 1. The molecule has 0 aromatic heterocycles. The third kappa shape index (κ3) is 3.29. The zero-order valence-corrected chi connectivity index (χ0v) is 12.0. The smallest absolute Gasteiger partial charge is 0.293 e. The Kier molecular flexibility index (Phi) is 4.84. The van der Waals surface area contributed by atoms with Crippen molar-refractivity contribution in [2.24, 2.45) is 5.92 Å². The molecule has 0 aliphatic carbocycles. The van der Waals surface area contributed by atoms with Crippen LogP contribution < -0.4 is 4.90 Å². The van der Waals surface area contributed by atoms with E-state index >= 15 is 0 Å². The molecule has 7 heteroatoms. The Balaban J connectivity index is 3.18. The molecular formula is C11H11FIN3O2. The normalized spacial score (nSPS) is 11.7. The van der Waals surface area contributed by atoms with Gasteiger partial charge in [0, 0.05) is 25.7 Å². The lowest BCUT2D eigenvalue weighted by molar-refractivity contribution is -0.384. The molecule has 0 N–H and O–H groups in total. The van der Waals surface area contributed by atoms with Gasteiger partial charge in [0.15, 0.2) is 0 Å². The molecule has 0 aliphatic heterocycles. The lowest BCUT2D eigenvalue weighted by Crippen LogP contribution is -2.24. The van der Waals surface area contributed by atoms with Gasteiger partial charge in [0.25, 0.3) is 5.69 Å². The SMILES string of the molecule is CC(C#N)CN(C)c1cc(F)c(I)cc1[N+](=O)[O-]. The second-order valence-electron chi connectivity index (χ2n) is 3.92. The van der Waals surface area contributed by atoms with Gasteiger partial charge >= 0.3 is 0 Å². The monoisotopic (exact) mass is 363 g/mol. The first-order valence-corrected chi connectivity index (χ1v) is 6.19. The van der Waals surface area contributed by atoms with E-state index in [0.29, 0.717) is 6.54 Å². The van der Waals surface area contributed by atoms with Crippen LogP contribution in [0.25, 0.3) is 0 Å². The molecule has 1 unspecified atom stereocenters. The van der Waals surface area contributed by atoms with Gasteiger partial charge in [-0.05, 0) is 29.5 Å². The summed E-state index contributed by atoms with van der Waals surface area (Å²) in [5, 5.41) is 19.7. The van der Waals surface area contributed by atoms with Gasteiger partial charge in [-0.15, -0.1) is 0 Å². The second-order valence-corrected chi connectivity index (χ2v) is 5.09. The van der Waals surface area contributed by atoms with Gasteiger partial charge < -0.3 is 4.90 Å². The Morgan fingerprint density at radius 2 is 2.28 bits per heavy atom. The fourth-order valence-electron chi connectivity index (χ4n) is 1.53. The maximum absolute atomic E-state index is 13.5. The van der Waals surface area contributed by atoms with Crippen molar-refractivity contribution in [2.45, 2.75) is 6.92 Å². The summed E-state index contributed by atoms with van der Waals surface area (Å²) in [4.78, 5) is 11.9. The number of benzene rings is 1. The molecular weight excluding hydrogens is 352 g/mol. The molecule has 18 heavy (non-hydrogen) atoms. The van der Waals surface area contributed by atoms with E-state index in [1.807, 2.05) is 6.07 Å². The average molecular weight is 363 g/mol. The number of nitriles is 1. The van der Waals surface area contributed by atoms with Crippen LogP contribution in [0, 0.1) is 36.8 Å². The highest BCUT2D eigenvalue weighted by Crippen LogP contribution is 2.31. The maximum Gasteiger partial charge on any atom is 0.293 e. The first-order chi connectivity index (χ1) is 8.36. The molecule has 1 aromatic rings. The standard InChI is InChI=1S/C11H11FIN3O2/c1-7(5-14)6-15(2)10-3-8(12)9(13)4-11(10)16(17)18/h3-4,7H,6H2,1-2H3. The van der Waals surface area contributed by atoms with E-state index in [-0.39, 0.29) is 20.9 Å². The van der Waals surface area contributed by atoms with E-state index in [1.165, 1.54) is 11.0 Å². The van der Waals surface area contributed by atoms with Crippen LogP contribution in [0.5, 0.6) is 0 Å². The summed E-state index contributed by atoms with van der Waals surface area (Å²) in [5.74, 6) is -0.801. The third-order valence-electron chi connectivity index (χ3n) is 2.39. The molecule has 1 rings (SSSR count). The largest absolute Gasteiger partial charge is 0.368 e. The number of nitrogens with zero attached hydrogens (tertiary/aromatic N) is 3. The third-order valence-corrected chi connectivity index (χ3v) is 3.22. The Morgan fingerprint density at radius 3 is 2.78 bits per heavy atom. The van der Waals surface area contributed by atoms with Gasteiger partial charge in [-0.2, -0.15) is 5.26 Å². The van der Waals surface area contributed by atoms with E-state index in [9.17, 15) is 14.5 Å². The highest BCUT2D eigenvalue weighted by molar-refractivity contribution is 14.1. The molecule has 96 valence electrons. The van der Waals surface area contributed by atoms with Crippen molar-refractivity contribution in [1.29, 1.82) is 5.26 Å². The van der Waals surface area contributed by atoms with Crippen LogP contribution >= 0.6 is 22.6 Å². The molecule has 0 aliphatic rings. The zero-order chi connectivity index (χ0) is 13.9. The van der Waals surface area contributed by atoms with Crippen LogP contribution in [0.2, 0.25) is 0 Å². The molecule has 0 saturated carbocycles. The Morgan fingerprint density at radius 1 is 1.67 bits per heavy atom. The number of rotatable bonds is 4. The summed E-state index contributed by atoms with van der Waals surface area (Å²) in [6.07, 6.45) is 0. The predicted octanol–water partition coefficient (Wildman–Crippen LogP) is 2.93. The Labute approximate surface area is 117 Å². The summed E-state index contributed by atoms with van der Waals surface area (Å²) in [7, 11) is 1.60. The topological polar surface area (TPSA) is 70.2 Å². The molecule has 0 fully saturated rings. The highest BCUT2D eigenvalue weighted by atomic mass is 127. The Hall–Kier alpha value is -1.43. The van der Waals surface area contributed by atoms with Crippen molar-refractivity contribution < 1.29 is 9.31 Å². The van der Waals surface area contributed by atoms with Crippen molar-refractivity contribution in [3.8, 4) is 6.07 Å². The fraction of sp³-hybridized carbons (Fsp3) is 0.364. The zero-order valence-electron chi connectivity index (χ0n) is 9.85. The van der Waals surface area contributed by atoms with Crippen LogP contribution in [-0.2, 0) is 0 Å². The molecule has 0 heterocycles. The summed E-state index contributed by atoms with van der Waals surface area (Å²) >= 11 is 1.71. The molecule has 1 atom stereocenters. The van der Waals surface area contributed by atoms with Crippen molar-refractivity contribution in [2.75, 3.05) is 18.5 Å². The summed E-state index contributed by atoms with van der Waals surface area (Å²) in [5.41, 5.74) is 0.0217. The van der Waals surface area contributed by atoms with Gasteiger partial charge in [-0.25, -0.2) is 4.39 Å². The summed E-state index contributed by atoms with van der Waals surface area (Å²) < 4.78 is 13.7. The second kappa shape index (κ2) is 5.95. The number of nitro benzene ring substituents is 1. The number of hydrogen-bond acceptors (Lipinski definition) is 4. The lowest BCUT2D eigenvalue weighted by atomic mass is 10.1. The van der Waals surface area contributed by atoms with Crippen LogP contribution in [-0.4, -0.2) is 18.5 Å². The van der Waals surface area contributed by atoms with Crippen molar-refractivity contribution >= 4 is 34.0 Å². The van der Waals surface area contributed by atoms with E-state index in [2.05, 4.69) is 0 Å². The number of halogens is 2. The minimum atomic E-state index is -0.551. The van der Waals surface area contributed by atoms with Gasteiger partial charge in [0.2, 0.25) is 0 Å². The molecule has 0 spiro atoms. The molecule has 0 saturated heterocycles. The lowest BCUT2D eigenvalue weighted by Gasteiger charge is -2.20. The van der Waals surface area contributed by atoms with Crippen molar-refractivity contribution in [3.63, 3.8) is 0 Å². The van der Waals surface area contributed by atoms with Crippen LogP contribution in [0.15, 0.2) is 12.1 Å². The van der Waals surface area contributed by atoms with E-state index in [1.54, 1.807) is 36.6 Å². The quantitative estimate of drug-likeness (QED) is 0.469. The number of hydrogen-bond donors (Lipinski definition) is 0. The molecule has 0 radical (unpaired) electrons. The maximum atomic E-state index is 13.5. The van der Waals surface area contributed by atoms with Gasteiger partial charge in [0.05, 0.1) is 20.5 Å². The minimum Gasteiger partial charge on any atom is -0.368 e. The highest BCUT2D eigenvalue weighted by Gasteiger charge is 2.21. The van der Waals surface area contributed by atoms with Gasteiger partial charge in [0.1, 0.15) is 11.5 Å². The van der Waals surface area contributed by atoms with Crippen LogP contribution in [0.4, 0.5) is 15.8 Å². The molecule has 5 nitrogen and oxygen atoms in total. The van der Waals surface area contributed by atoms with Gasteiger partial charge in [-0.3, -0.25) is 10.1 Å².